The predicted molar refractivity (Wildman–Crippen MR) is 74.1 cm³/mol. The molecule has 0 spiro atoms. The molecule has 1 aromatic carbocycles. The van der Waals surface area contributed by atoms with Crippen LogP contribution in [0.2, 0.25) is 0 Å². The fourth-order valence-corrected chi connectivity index (χ4v) is 1.73. The summed E-state index contributed by atoms with van der Waals surface area (Å²) in [5, 5.41) is 11.3. The lowest BCUT2D eigenvalue weighted by atomic mass is 9.83. The Kier molecular flexibility index (Phi) is 4.70. The number of aryl methyl sites for hydroxylation is 1. The molecule has 104 valence electrons. The van der Waals surface area contributed by atoms with Crippen LogP contribution < -0.4 is 5.32 Å². The zero-order valence-corrected chi connectivity index (χ0v) is 11.9. The van der Waals surface area contributed by atoms with Crippen molar-refractivity contribution in [3.05, 3.63) is 35.4 Å². The molecule has 1 rings (SSSR count). The Bertz CT molecular complexity index is 463. The molecular formula is C15H21NO3. The van der Waals surface area contributed by atoms with Gasteiger partial charge in [-0.3, -0.25) is 9.59 Å². The maximum Gasteiger partial charge on any atom is 0.325 e. The molecule has 1 atom stereocenters. The zero-order valence-electron chi connectivity index (χ0n) is 11.9. The maximum absolute atomic E-state index is 12.2. The number of carboxylic acids is 1. The van der Waals surface area contributed by atoms with E-state index in [2.05, 4.69) is 12.2 Å². The van der Waals surface area contributed by atoms with Crippen molar-refractivity contribution in [3.8, 4) is 0 Å². The highest BCUT2D eigenvalue weighted by Crippen LogP contribution is 2.24. The highest BCUT2D eigenvalue weighted by Gasteiger charge is 2.31. The summed E-state index contributed by atoms with van der Waals surface area (Å²) in [7, 11) is 0. The lowest BCUT2D eigenvalue weighted by Gasteiger charge is -2.25. The summed E-state index contributed by atoms with van der Waals surface area (Å²) in [5.74, 6) is -1.32. The van der Waals surface area contributed by atoms with Gasteiger partial charge in [0.1, 0.15) is 6.04 Å². The summed E-state index contributed by atoms with van der Waals surface area (Å²) >= 11 is 0. The van der Waals surface area contributed by atoms with Gasteiger partial charge in [-0.2, -0.15) is 0 Å². The summed E-state index contributed by atoms with van der Waals surface area (Å²) in [6, 6.07) is 6.94. The van der Waals surface area contributed by atoms with Gasteiger partial charge in [0.05, 0.1) is 5.41 Å². The van der Waals surface area contributed by atoms with Crippen LogP contribution in [0.15, 0.2) is 24.3 Å². The summed E-state index contributed by atoms with van der Waals surface area (Å²) in [5.41, 5.74) is 1.33. The molecule has 0 aliphatic rings. The van der Waals surface area contributed by atoms with Crippen LogP contribution in [0.25, 0.3) is 0 Å². The van der Waals surface area contributed by atoms with E-state index in [0.29, 0.717) is 0 Å². The van der Waals surface area contributed by atoms with E-state index in [4.69, 9.17) is 5.11 Å². The Morgan fingerprint density at radius 3 is 2.21 bits per heavy atom. The molecule has 4 heteroatoms. The van der Waals surface area contributed by atoms with Gasteiger partial charge in [0.2, 0.25) is 5.91 Å². The number of benzene rings is 1. The van der Waals surface area contributed by atoms with Crippen LogP contribution in [-0.2, 0) is 21.4 Å². The molecule has 0 unspecified atom stereocenters. The standard InChI is InChI=1S/C15H21NO3/c1-5-11-6-8-12(9-7-11)15(3,4)14(19)16-10(2)13(17)18/h6-10H,5H2,1-4H3,(H,16,19)(H,17,18)/t10-/m0/s1. The number of amides is 1. The van der Waals surface area contributed by atoms with Gasteiger partial charge in [0.25, 0.3) is 0 Å². The highest BCUT2D eigenvalue weighted by atomic mass is 16.4. The molecule has 0 saturated heterocycles. The van der Waals surface area contributed by atoms with Crippen molar-refractivity contribution in [1.82, 2.24) is 5.32 Å². The molecule has 0 aromatic heterocycles. The van der Waals surface area contributed by atoms with Crippen molar-refractivity contribution in [2.45, 2.75) is 45.6 Å². The highest BCUT2D eigenvalue weighted by molar-refractivity contribution is 5.90. The SMILES string of the molecule is CCc1ccc(C(C)(C)C(=O)N[C@@H](C)C(=O)O)cc1. The largest absolute Gasteiger partial charge is 0.480 e. The molecule has 0 bridgehead atoms. The van der Waals surface area contributed by atoms with Crippen molar-refractivity contribution < 1.29 is 14.7 Å². The third-order valence-corrected chi connectivity index (χ3v) is 3.37. The number of carbonyl (C=O) groups excluding carboxylic acids is 1. The van der Waals surface area contributed by atoms with Crippen LogP contribution >= 0.6 is 0 Å². The van der Waals surface area contributed by atoms with Crippen molar-refractivity contribution in [2.24, 2.45) is 0 Å². The average Bonchev–Trinajstić information content (AvgIpc) is 2.38. The summed E-state index contributed by atoms with van der Waals surface area (Å²) < 4.78 is 0. The second-order valence-corrected chi connectivity index (χ2v) is 5.21. The normalized spacial score (nSPS) is 12.8. The van der Waals surface area contributed by atoms with Crippen molar-refractivity contribution in [1.29, 1.82) is 0 Å². The quantitative estimate of drug-likeness (QED) is 0.855. The summed E-state index contributed by atoms with van der Waals surface area (Å²) in [6.07, 6.45) is 0.947. The predicted octanol–water partition coefficient (Wildman–Crippen LogP) is 2.12. The first-order valence-corrected chi connectivity index (χ1v) is 6.42. The maximum atomic E-state index is 12.2. The fourth-order valence-electron chi connectivity index (χ4n) is 1.73. The van der Waals surface area contributed by atoms with Crippen molar-refractivity contribution >= 4 is 11.9 Å². The van der Waals surface area contributed by atoms with Crippen LogP contribution in [-0.4, -0.2) is 23.0 Å². The van der Waals surface area contributed by atoms with E-state index >= 15 is 0 Å². The molecule has 0 aliphatic carbocycles. The van der Waals surface area contributed by atoms with Gasteiger partial charge in [-0.15, -0.1) is 0 Å². The van der Waals surface area contributed by atoms with E-state index < -0.39 is 17.4 Å². The molecule has 1 aromatic rings. The third kappa shape index (κ3) is 3.56. The minimum absolute atomic E-state index is 0.286. The Balaban J connectivity index is 2.89. The summed E-state index contributed by atoms with van der Waals surface area (Å²) in [4.78, 5) is 22.9. The molecule has 0 aliphatic heterocycles. The molecule has 0 fully saturated rings. The molecule has 0 saturated carbocycles. The minimum Gasteiger partial charge on any atom is -0.480 e. The van der Waals surface area contributed by atoms with Crippen LogP contribution in [0.5, 0.6) is 0 Å². The number of aliphatic carboxylic acids is 1. The monoisotopic (exact) mass is 263 g/mol. The topological polar surface area (TPSA) is 66.4 Å². The van der Waals surface area contributed by atoms with Crippen molar-refractivity contribution in [2.75, 3.05) is 0 Å². The van der Waals surface area contributed by atoms with Crippen LogP contribution in [0.3, 0.4) is 0 Å². The van der Waals surface area contributed by atoms with Gasteiger partial charge in [-0.05, 0) is 38.3 Å². The smallest absolute Gasteiger partial charge is 0.325 e. The van der Waals surface area contributed by atoms with Gasteiger partial charge >= 0.3 is 5.97 Å². The third-order valence-electron chi connectivity index (χ3n) is 3.37. The van der Waals surface area contributed by atoms with Gasteiger partial charge in [0.15, 0.2) is 0 Å². The number of rotatable bonds is 5. The second-order valence-electron chi connectivity index (χ2n) is 5.21. The molecule has 0 radical (unpaired) electrons. The van der Waals surface area contributed by atoms with Crippen LogP contribution in [0.4, 0.5) is 0 Å². The number of carboxylic acid groups (broad SMARTS) is 1. The first-order valence-electron chi connectivity index (χ1n) is 6.42. The van der Waals surface area contributed by atoms with E-state index in [1.807, 2.05) is 24.3 Å². The van der Waals surface area contributed by atoms with Crippen LogP contribution in [0, 0.1) is 0 Å². The lowest BCUT2D eigenvalue weighted by molar-refractivity contribution is -0.142. The molecule has 0 heterocycles. The Hall–Kier alpha value is -1.84. The molecule has 4 nitrogen and oxygen atoms in total. The van der Waals surface area contributed by atoms with Gasteiger partial charge in [-0.1, -0.05) is 31.2 Å². The molecule has 19 heavy (non-hydrogen) atoms. The van der Waals surface area contributed by atoms with E-state index in [1.54, 1.807) is 13.8 Å². The first-order chi connectivity index (χ1) is 8.78. The van der Waals surface area contributed by atoms with Gasteiger partial charge in [-0.25, -0.2) is 0 Å². The van der Waals surface area contributed by atoms with Gasteiger partial charge in [0, 0.05) is 0 Å². The number of hydrogen-bond acceptors (Lipinski definition) is 2. The average molecular weight is 263 g/mol. The fraction of sp³-hybridized carbons (Fsp3) is 0.467. The number of carbonyl (C=O) groups is 2. The number of hydrogen-bond donors (Lipinski definition) is 2. The lowest BCUT2D eigenvalue weighted by Crippen LogP contribution is -2.47. The molecule has 2 N–H and O–H groups in total. The summed E-state index contributed by atoms with van der Waals surface area (Å²) in [6.45, 7) is 7.10. The van der Waals surface area contributed by atoms with Gasteiger partial charge < -0.3 is 10.4 Å². The van der Waals surface area contributed by atoms with Crippen molar-refractivity contribution in [3.63, 3.8) is 0 Å². The second kappa shape index (κ2) is 5.87. The van der Waals surface area contributed by atoms with Crippen LogP contribution in [0.1, 0.15) is 38.8 Å². The Morgan fingerprint density at radius 1 is 1.26 bits per heavy atom. The number of nitrogens with one attached hydrogen (secondary N) is 1. The van der Waals surface area contributed by atoms with E-state index in [-0.39, 0.29) is 5.91 Å². The molecular weight excluding hydrogens is 242 g/mol. The van der Waals surface area contributed by atoms with E-state index in [9.17, 15) is 9.59 Å². The van der Waals surface area contributed by atoms with E-state index in [1.165, 1.54) is 12.5 Å². The Labute approximate surface area is 113 Å². The molecule has 1 amide bonds. The first kappa shape index (κ1) is 15.2. The minimum atomic E-state index is -1.04. The Morgan fingerprint density at radius 2 is 1.79 bits per heavy atom. The van der Waals surface area contributed by atoms with E-state index in [0.717, 1.165) is 12.0 Å². The zero-order chi connectivity index (χ0) is 14.6.